The van der Waals surface area contributed by atoms with Crippen LogP contribution in [0.3, 0.4) is 0 Å². The van der Waals surface area contributed by atoms with Crippen LogP contribution in [0.15, 0.2) is 30.3 Å². The number of halogens is 1. The number of para-hydroxylation sites is 1. The quantitative estimate of drug-likeness (QED) is 0.926. The van der Waals surface area contributed by atoms with Gasteiger partial charge in [-0.1, -0.05) is 25.1 Å². The van der Waals surface area contributed by atoms with Gasteiger partial charge in [-0.25, -0.2) is 0 Å². The average Bonchev–Trinajstić information content (AvgIpc) is 2.47. The Kier molecular flexibility index (Phi) is 7.15. The largest absolute Gasteiger partial charge is 0.329 e. The molecule has 1 saturated heterocycles. The van der Waals surface area contributed by atoms with E-state index < -0.39 is 0 Å². The van der Waals surface area contributed by atoms with Crippen molar-refractivity contribution in [2.45, 2.75) is 25.8 Å². The zero-order valence-corrected chi connectivity index (χ0v) is 13.7. The number of likely N-dealkylation sites (tertiary alicyclic amines) is 1. The summed E-state index contributed by atoms with van der Waals surface area (Å²) in [5.41, 5.74) is 6.82. The fourth-order valence-electron chi connectivity index (χ4n) is 2.99. The highest BCUT2D eigenvalue weighted by Crippen LogP contribution is 2.22. The van der Waals surface area contributed by atoms with Gasteiger partial charge in [0.15, 0.2) is 0 Å². The van der Waals surface area contributed by atoms with E-state index in [9.17, 15) is 4.79 Å². The first kappa shape index (κ1) is 18.0. The van der Waals surface area contributed by atoms with Crippen LogP contribution in [-0.2, 0) is 4.79 Å². The van der Waals surface area contributed by atoms with E-state index >= 15 is 0 Å². The molecule has 1 fully saturated rings. The summed E-state index contributed by atoms with van der Waals surface area (Å²) in [6, 6.07) is 10.1. The molecule has 1 heterocycles. The molecule has 1 aromatic rings. The number of benzene rings is 1. The minimum Gasteiger partial charge on any atom is -0.329 e. The Hall–Kier alpha value is -1.10. The second kappa shape index (κ2) is 8.37. The minimum atomic E-state index is 0. The normalized spacial score (nSPS) is 22.4. The van der Waals surface area contributed by atoms with E-state index in [1.165, 1.54) is 6.42 Å². The van der Waals surface area contributed by atoms with Crippen molar-refractivity contribution < 1.29 is 4.79 Å². The predicted molar refractivity (Wildman–Crippen MR) is 89.9 cm³/mol. The molecule has 1 aliphatic rings. The number of nitrogens with zero attached hydrogens (tertiary/aromatic N) is 2. The van der Waals surface area contributed by atoms with Gasteiger partial charge < -0.3 is 10.6 Å². The third kappa shape index (κ3) is 4.43. The summed E-state index contributed by atoms with van der Waals surface area (Å²) < 4.78 is 0. The topological polar surface area (TPSA) is 49.6 Å². The monoisotopic (exact) mass is 311 g/mol. The smallest absolute Gasteiger partial charge is 0.240 e. The van der Waals surface area contributed by atoms with Crippen LogP contribution in [0, 0.1) is 5.92 Å². The van der Waals surface area contributed by atoms with Gasteiger partial charge in [-0.3, -0.25) is 9.69 Å². The number of nitrogens with two attached hydrogens (primary N) is 1. The standard InChI is InChI=1S/C16H25N3O.ClH/c1-13-7-6-10-19(15(13)11-17)12-16(20)18(2)14-8-4-3-5-9-14;/h3-5,8-9,13,15H,6-7,10-12,17H2,1-2H3;1H. The van der Waals surface area contributed by atoms with Crippen molar-refractivity contribution >= 4 is 24.0 Å². The third-order valence-corrected chi connectivity index (χ3v) is 4.33. The molecule has 0 saturated carbocycles. The van der Waals surface area contributed by atoms with Crippen molar-refractivity contribution in [3.63, 3.8) is 0 Å². The summed E-state index contributed by atoms with van der Waals surface area (Å²) in [5.74, 6) is 0.701. The van der Waals surface area contributed by atoms with Gasteiger partial charge in [0.05, 0.1) is 6.54 Å². The van der Waals surface area contributed by atoms with E-state index in [0.717, 1.165) is 18.7 Å². The van der Waals surface area contributed by atoms with Gasteiger partial charge in [0.1, 0.15) is 0 Å². The molecule has 0 bridgehead atoms. The predicted octanol–water partition coefficient (Wildman–Crippen LogP) is 2.13. The molecule has 4 nitrogen and oxygen atoms in total. The van der Waals surface area contributed by atoms with E-state index in [4.69, 9.17) is 5.73 Å². The van der Waals surface area contributed by atoms with Crippen LogP contribution < -0.4 is 10.6 Å². The maximum absolute atomic E-state index is 12.4. The molecule has 2 unspecified atom stereocenters. The number of anilines is 1. The summed E-state index contributed by atoms with van der Waals surface area (Å²) in [6.45, 7) is 4.29. The second-order valence-corrected chi connectivity index (χ2v) is 5.68. The molecular formula is C16H26ClN3O. The molecule has 0 aromatic heterocycles. The molecule has 2 rings (SSSR count). The molecule has 5 heteroatoms. The first-order valence-electron chi connectivity index (χ1n) is 7.39. The Morgan fingerprint density at radius 3 is 2.67 bits per heavy atom. The summed E-state index contributed by atoms with van der Waals surface area (Å²) in [7, 11) is 1.84. The zero-order valence-electron chi connectivity index (χ0n) is 12.9. The maximum atomic E-state index is 12.4. The average molecular weight is 312 g/mol. The van der Waals surface area contributed by atoms with Crippen molar-refractivity contribution in [1.82, 2.24) is 4.90 Å². The summed E-state index contributed by atoms with van der Waals surface area (Å²) in [4.78, 5) is 16.4. The summed E-state index contributed by atoms with van der Waals surface area (Å²) >= 11 is 0. The van der Waals surface area contributed by atoms with Gasteiger partial charge in [-0.05, 0) is 37.4 Å². The van der Waals surface area contributed by atoms with Crippen molar-refractivity contribution in [2.24, 2.45) is 11.7 Å². The molecule has 1 aromatic carbocycles. The Balaban J connectivity index is 0.00000220. The first-order chi connectivity index (χ1) is 9.63. The van der Waals surface area contributed by atoms with Crippen LogP contribution in [0.1, 0.15) is 19.8 Å². The van der Waals surface area contributed by atoms with Crippen molar-refractivity contribution in [2.75, 3.05) is 31.6 Å². The number of hydrogen-bond donors (Lipinski definition) is 1. The van der Waals surface area contributed by atoms with Gasteiger partial charge >= 0.3 is 0 Å². The Morgan fingerprint density at radius 1 is 1.38 bits per heavy atom. The highest BCUT2D eigenvalue weighted by Gasteiger charge is 2.29. The van der Waals surface area contributed by atoms with Gasteiger partial charge in [-0.2, -0.15) is 0 Å². The zero-order chi connectivity index (χ0) is 14.5. The number of amides is 1. The number of hydrogen-bond acceptors (Lipinski definition) is 3. The number of piperidine rings is 1. The fourth-order valence-corrected chi connectivity index (χ4v) is 2.99. The third-order valence-electron chi connectivity index (χ3n) is 4.33. The highest BCUT2D eigenvalue weighted by molar-refractivity contribution is 5.94. The molecule has 0 aliphatic carbocycles. The molecule has 21 heavy (non-hydrogen) atoms. The van der Waals surface area contributed by atoms with E-state index in [-0.39, 0.29) is 18.3 Å². The van der Waals surface area contributed by atoms with Gasteiger partial charge in [0, 0.05) is 25.3 Å². The molecule has 2 N–H and O–H groups in total. The van der Waals surface area contributed by atoms with E-state index in [0.29, 0.717) is 25.0 Å². The molecular weight excluding hydrogens is 286 g/mol. The molecule has 1 amide bonds. The van der Waals surface area contributed by atoms with Gasteiger partial charge in [0.2, 0.25) is 5.91 Å². The lowest BCUT2D eigenvalue weighted by Crippen LogP contribution is -2.52. The van der Waals surface area contributed by atoms with Crippen LogP contribution in [0.5, 0.6) is 0 Å². The van der Waals surface area contributed by atoms with Crippen LogP contribution in [0.4, 0.5) is 5.69 Å². The van der Waals surface area contributed by atoms with E-state index in [2.05, 4.69) is 11.8 Å². The van der Waals surface area contributed by atoms with Gasteiger partial charge in [-0.15, -0.1) is 12.4 Å². The number of rotatable bonds is 4. The van der Waals surface area contributed by atoms with Crippen molar-refractivity contribution in [3.05, 3.63) is 30.3 Å². The van der Waals surface area contributed by atoms with Crippen LogP contribution in [0.2, 0.25) is 0 Å². The first-order valence-corrected chi connectivity index (χ1v) is 7.39. The molecule has 2 atom stereocenters. The summed E-state index contributed by atoms with van der Waals surface area (Å²) in [5, 5.41) is 0. The molecule has 0 radical (unpaired) electrons. The molecule has 0 spiro atoms. The number of likely N-dealkylation sites (N-methyl/N-ethyl adjacent to an activating group) is 1. The number of carbonyl (C=O) groups is 1. The Labute approximate surface area is 133 Å². The van der Waals surface area contributed by atoms with E-state index in [1.807, 2.05) is 37.4 Å². The van der Waals surface area contributed by atoms with Crippen molar-refractivity contribution in [1.29, 1.82) is 0 Å². The number of carbonyl (C=O) groups excluding carboxylic acids is 1. The molecule has 118 valence electrons. The maximum Gasteiger partial charge on any atom is 0.240 e. The van der Waals surface area contributed by atoms with Crippen LogP contribution in [-0.4, -0.2) is 43.5 Å². The van der Waals surface area contributed by atoms with Crippen LogP contribution >= 0.6 is 12.4 Å². The second-order valence-electron chi connectivity index (χ2n) is 5.68. The highest BCUT2D eigenvalue weighted by atomic mass is 35.5. The lowest BCUT2D eigenvalue weighted by molar-refractivity contribution is -0.120. The Morgan fingerprint density at radius 2 is 2.05 bits per heavy atom. The molecule has 1 aliphatic heterocycles. The minimum absolute atomic E-state index is 0. The fraction of sp³-hybridized carbons (Fsp3) is 0.562. The SMILES string of the molecule is CC1CCCN(CC(=O)N(C)c2ccccc2)C1CN.Cl. The van der Waals surface area contributed by atoms with Crippen molar-refractivity contribution in [3.8, 4) is 0 Å². The van der Waals surface area contributed by atoms with E-state index in [1.54, 1.807) is 4.90 Å². The van der Waals surface area contributed by atoms with Crippen LogP contribution in [0.25, 0.3) is 0 Å². The van der Waals surface area contributed by atoms with Gasteiger partial charge in [0.25, 0.3) is 0 Å². The summed E-state index contributed by atoms with van der Waals surface area (Å²) in [6.07, 6.45) is 2.36. The lowest BCUT2D eigenvalue weighted by atomic mass is 9.91. The lowest BCUT2D eigenvalue weighted by Gasteiger charge is -2.39. The Bertz CT molecular complexity index is 440.